The Morgan fingerprint density at radius 3 is 2.43 bits per heavy atom. The summed E-state index contributed by atoms with van der Waals surface area (Å²) in [4.78, 5) is 4.55. The zero-order valence-corrected chi connectivity index (χ0v) is 8.91. The zero-order valence-electron chi connectivity index (χ0n) is 8.16. The van der Waals surface area contributed by atoms with E-state index in [0.29, 0.717) is 11.6 Å². The van der Waals surface area contributed by atoms with Gasteiger partial charge in [0.25, 0.3) is 0 Å². The molecule has 3 nitrogen and oxygen atoms in total. The summed E-state index contributed by atoms with van der Waals surface area (Å²) in [5.74, 6) is 0.827. The molecule has 0 heterocycles. The summed E-state index contributed by atoms with van der Waals surface area (Å²) >= 11 is 5.78. The molecule has 0 bridgehead atoms. The van der Waals surface area contributed by atoms with Crippen LogP contribution in [0.1, 0.15) is 5.56 Å². The van der Waals surface area contributed by atoms with Gasteiger partial charge in [-0.1, -0.05) is 28.9 Å². The minimum atomic E-state index is 0.428. The Balaban J connectivity index is 2.64. The monoisotopic (exact) mass is 213 g/mol. The Hall–Kier alpha value is -1.22. The summed E-state index contributed by atoms with van der Waals surface area (Å²) in [6.07, 6.45) is 0.569. The quantitative estimate of drug-likeness (QED) is 0.568. The topological polar surface area (TPSA) is 30.8 Å². The van der Waals surface area contributed by atoms with E-state index in [2.05, 4.69) is 9.99 Å². The van der Waals surface area contributed by atoms with Crippen LogP contribution in [0.4, 0.5) is 0 Å². The van der Waals surface area contributed by atoms with Gasteiger partial charge < -0.3 is 9.57 Å². The molecule has 76 valence electrons. The molecule has 0 amide bonds. The molecule has 0 aliphatic heterocycles. The third kappa shape index (κ3) is 3.26. The smallest absolute Gasteiger partial charge is 0.149 e. The van der Waals surface area contributed by atoms with Crippen molar-refractivity contribution in [2.45, 2.75) is 6.42 Å². The van der Waals surface area contributed by atoms with E-state index in [1.54, 1.807) is 7.11 Å². The number of halogens is 1. The van der Waals surface area contributed by atoms with E-state index in [4.69, 9.17) is 16.3 Å². The molecule has 0 radical (unpaired) electrons. The third-order valence-corrected chi connectivity index (χ3v) is 1.90. The summed E-state index contributed by atoms with van der Waals surface area (Å²) in [6, 6.07) is 7.64. The van der Waals surface area contributed by atoms with E-state index in [9.17, 15) is 0 Å². The first-order valence-corrected chi connectivity index (χ1v) is 4.52. The van der Waals surface area contributed by atoms with Crippen molar-refractivity contribution in [2.24, 2.45) is 5.16 Å². The Labute approximate surface area is 88.3 Å². The molecule has 0 aliphatic rings. The van der Waals surface area contributed by atoms with E-state index in [0.717, 1.165) is 11.3 Å². The highest BCUT2D eigenvalue weighted by atomic mass is 35.5. The number of nitrogens with zero attached hydrogens (tertiary/aromatic N) is 1. The lowest BCUT2D eigenvalue weighted by Crippen LogP contribution is -1.95. The summed E-state index contributed by atoms with van der Waals surface area (Å²) in [5, 5.41) is 4.04. The van der Waals surface area contributed by atoms with Gasteiger partial charge in [-0.15, -0.1) is 0 Å². The average molecular weight is 214 g/mol. The summed E-state index contributed by atoms with van der Waals surface area (Å²) in [6.45, 7) is 0. The highest BCUT2D eigenvalue weighted by Gasteiger charge is 1.99. The van der Waals surface area contributed by atoms with Gasteiger partial charge in [-0.05, 0) is 17.7 Å². The molecule has 0 saturated carbocycles. The van der Waals surface area contributed by atoms with Gasteiger partial charge in [-0.2, -0.15) is 0 Å². The first kappa shape index (κ1) is 10.9. The molecular formula is C10H12ClNO2. The van der Waals surface area contributed by atoms with Crippen LogP contribution in [0, 0.1) is 0 Å². The van der Waals surface area contributed by atoms with Crippen molar-refractivity contribution in [3.05, 3.63) is 29.8 Å². The second-order valence-electron chi connectivity index (χ2n) is 2.67. The second kappa shape index (κ2) is 5.50. The Kier molecular flexibility index (Phi) is 4.26. The maximum Gasteiger partial charge on any atom is 0.149 e. The minimum absolute atomic E-state index is 0.428. The van der Waals surface area contributed by atoms with Crippen molar-refractivity contribution >= 4 is 16.8 Å². The first-order valence-electron chi connectivity index (χ1n) is 4.14. The molecule has 0 atom stereocenters. The van der Waals surface area contributed by atoms with Crippen LogP contribution < -0.4 is 4.74 Å². The molecule has 1 rings (SSSR count). The highest BCUT2D eigenvalue weighted by molar-refractivity contribution is 6.65. The number of benzene rings is 1. The molecule has 0 N–H and O–H groups in total. The van der Waals surface area contributed by atoms with E-state index in [1.165, 1.54) is 7.11 Å². The van der Waals surface area contributed by atoms with Crippen molar-refractivity contribution in [2.75, 3.05) is 14.2 Å². The number of oxime groups is 1. The molecular weight excluding hydrogens is 202 g/mol. The molecule has 14 heavy (non-hydrogen) atoms. The van der Waals surface area contributed by atoms with Crippen molar-refractivity contribution in [3.8, 4) is 5.75 Å². The number of ether oxygens (including phenoxy) is 1. The van der Waals surface area contributed by atoms with Crippen molar-refractivity contribution in [1.29, 1.82) is 0 Å². The van der Waals surface area contributed by atoms with Gasteiger partial charge >= 0.3 is 0 Å². The number of rotatable bonds is 4. The molecule has 0 fully saturated rings. The van der Waals surface area contributed by atoms with Crippen molar-refractivity contribution < 1.29 is 9.57 Å². The summed E-state index contributed by atoms with van der Waals surface area (Å²) in [5.41, 5.74) is 1.07. The van der Waals surface area contributed by atoms with Crippen LogP contribution >= 0.6 is 11.6 Å². The Morgan fingerprint density at radius 2 is 1.93 bits per heavy atom. The van der Waals surface area contributed by atoms with Crippen LogP contribution in [-0.4, -0.2) is 19.4 Å². The van der Waals surface area contributed by atoms with Crippen LogP contribution in [0.25, 0.3) is 0 Å². The van der Waals surface area contributed by atoms with Crippen LogP contribution in [-0.2, 0) is 11.3 Å². The Bertz CT molecular complexity index is 308. The van der Waals surface area contributed by atoms with Crippen molar-refractivity contribution in [1.82, 2.24) is 0 Å². The SMILES string of the molecule is CO/N=C(\Cl)Cc1ccc(OC)cc1. The van der Waals surface area contributed by atoms with Crippen LogP contribution in [0.2, 0.25) is 0 Å². The Morgan fingerprint density at radius 1 is 1.29 bits per heavy atom. The molecule has 4 heteroatoms. The third-order valence-electron chi connectivity index (χ3n) is 1.70. The fraction of sp³-hybridized carbons (Fsp3) is 0.300. The molecule has 0 unspecified atom stereocenters. The molecule has 0 spiro atoms. The molecule has 0 saturated heterocycles. The fourth-order valence-electron chi connectivity index (χ4n) is 1.04. The largest absolute Gasteiger partial charge is 0.497 e. The maximum absolute atomic E-state index is 5.78. The molecule has 0 aromatic heterocycles. The first-order chi connectivity index (χ1) is 6.76. The summed E-state index contributed by atoms with van der Waals surface area (Å²) < 4.78 is 5.03. The van der Waals surface area contributed by atoms with Crippen LogP contribution in [0.3, 0.4) is 0 Å². The van der Waals surface area contributed by atoms with Gasteiger partial charge in [-0.3, -0.25) is 0 Å². The molecule has 1 aromatic carbocycles. The predicted octanol–water partition coefficient (Wildman–Crippen LogP) is 2.44. The highest BCUT2D eigenvalue weighted by Crippen LogP contribution is 2.12. The van der Waals surface area contributed by atoms with Gasteiger partial charge in [-0.25, -0.2) is 0 Å². The number of hydrogen-bond acceptors (Lipinski definition) is 3. The van der Waals surface area contributed by atoms with E-state index in [-0.39, 0.29) is 0 Å². The van der Waals surface area contributed by atoms with E-state index >= 15 is 0 Å². The molecule has 0 aliphatic carbocycles. The van der Waals surface area contributed by atoms with Crippen LogP contribution in [0.15, 0.2) is 29.4 Å². The fourth-order valence-corrected chi connectivity index (χ4v) is 1.27. The lowest BCUT2D eigenvalue weighted by molar-refractivity contribution is 0.214. The average Bonchev–Trinajstić information content (AvgIpc) is 2.19. The lowest BCUT2D eigenvalue weighted by atomic mass is 10.1. The number of hydrogen-bond donors (Lipinski definition) is 0. The maximum atomic E-state index is 5.78. The number of methoxy groups -OCH3 is 1. The standard InChI is InChI=1S/C10H12ClNO2/c1-13-9-5-3-8(4-6-9)7-10(11)12-14-2/h3-6H,7H2,1-2H3/b12-10-. The van der Waals surface area contributed by atoms with Crippen molar-refractivity contribution in [3.63, 3.8) is 0 Å². The van der Waals surface area contributed by atoms with Gasteiger partial charge in [0, 0.05) is 6.42 Å². The van der Waals surface area contributed by atoms with Gasteiger partial charge in [0.05, 0.1) is 7.11 Å². The second-order valence-corrected chi connectivity index (χ2v) is 3.11. The van der Waals surface area contributed by atoms with E-state index in [1.807, 2.05) is 24.3 Å². The molecule has 1 aromatic rings. The minimum Gasteiger partial charge on any atom is -0.497 e. The normalized spacial score (nSPS) is 11.2. The van der Waals surface area contributed by atoms with Gasteiger partial charge in [0.15, 0.2) is 0 Å². The van der Waals surface area contributed by atoms with Gasteiger partial charge in [0.2, 0.25) is 0 Å². The predicted molar refractivity (Wildman–Crippen MR) is 57.0 cm³/mol. The van der Waals surface area contributed by atoms with Gasteiger partial charge in [0.1, 0.15) is 18.0 Å². The van der Waals surface area contributed by atoms with Crippen LogP contribution in [0.5, 0.6) is 5.75 Å². The van der Waals surface area contributed by atoms with E-state index < -0.39 is 0 Å². The zero-order chi connectivity index (χ0) is 10.4. The summed E-state index contributed by atoms with van der Waals surface area (Å²) in [7, 11) is 3.10. The lowest BCUT2D eigenvalue weighted by Gasteiger charge is -2.01.